The molecule has 1 saturated heterocycles. The van der Waals surface area contributed by atoms with Crippen molar-refractivity contribution in [3.63, 3.8) is 0 Å². The van der Waals surface area contributed by atoms with Crippen molar-refractivity contribution in [2.45, 2.75) is 38.7 Å². The molecule has 0 unspecified atom stereocenters. The van der Waals surface area contributed by atoms with Crippen LogP contribution in [0, 0.1) is 11.8 Å². The summed E-state index contributed by atoms with van der Waals surface area (Å²) in [6.07, 6.45) is 9.68. The summed E-state index contributed by atoms with van der Waals surface area (Å²) in [5.74, 6) is 1.97. The van der Waals surface area contributed by atoms with E-state index in [1.54, 1.807) is 30.6 Å². The molecule has 0 radical (unpaired) electrons. The van der Waals surface area contributed by atoms with Gasteiger partial charge in [-0.05, 0) is 42.9 Å². The summed E-state index contributed by atoms with van der Waals surface area (Å²) in [5.41, 5.74) is 1.43. The molecule has 28 heavy (non-hydrogen) atoms. The number of hydrogen-bond acceptors (Lipinski definition) is 3. The lowest BCUT2D eigenvalue weighted by Crippen LogP contribution is -2.44. The van der Waals surface area contributed by atoms with Crippen LogP contribution in [0.15, 0.2) is 36.7 Å². The van der Waals surface area contributed by atoms with Gasteiger partial charge in [-0.15, -0.1) is 0 Å². The molecule has 6 heteroatoms. The van der Waals surface area contributed by atoms with Crippen LogP contribution >= 0.6 is 23.2 Å². The van der Waals surface area contributed by atoms with Crippen molar-refractivity contribution in [1.29, 1.82) is 0 Å². The van der Waals surface area contributed by atoms with E-state index in [1.807, 2.05) is 11.0 Å². The molecule has 2 heterocycles. The highest BCUT2D eigenvalue weighted by Gasteiger charge is 2.33. The first kappa shape index (κ1) is 19.5. The fourth-order valence-electron chi connectivity index (χ4n) is 4.43. The van der Waals surface area contributed by atoms with Gasteiger partial charge in [-0.3, -0.25) is 9.78 Å². The largest absolute Gasteiger partial charge is 0.486 e. The van der Waals surface area contributed by atoms with Gasteiger partial charge < -0.3 is 9.64 Å². The Labute approximate surface area is 175 Å². The molecule has 1 aromatic carbocycles. The quantitative estimate of drug-likeness (QED) is 0.646. The van der Waals surface area contributed by atoms with E-state index in [4.69, 9.17) is 27.9 Å². The summed E-state index contributed by atoms with van der Waals surface area (Å²) in [6.45, 7) is 1.97. The summed E-state index contributed by atoms with van der Waals surface area (Å²) < 4.78 is 5.78. The third kappa shape index (κ3) is 4.28. The molecular formula is C22H24Cl2N2O2. The Bertz CT molecular complexity index is 838. The Kier molecular flexibility index (Phi) is 6.07. The minimum absolute atomic E-state index is 0.0640. The van der Waals surface area contributed by atoms with Crippen LogP contribution in [-0.2, 0) is 6.61 Å². The molecule has 1 amide bonds. The lowest BCUT2D eigenvalue weighted by Gasteiger charge is -2.41. The standard InChI is InChI=1S/C22H24Cl2N2O2/c23-19-6-3-7-20(24)21(19)28-14-15-10-18(12-25-11-15)22(27)26-9-8-16-4-1-2-5-17(16)13-26/h3,6-7,10-12,16-17H,1-2,4-5,8-9,13-14H2/t16-,17+/m0/s1. The second kappa shape index (κ2) is 8.71. The number of carbonyl (C=O) groups excluding carboxylic acids is 1. The van der Waals surface area contributed by atoms with E-state index in [0.29, 0.717) is 27.3 Å². The molecule has 2 fully saturated rings. The molecular weight excluding hydrogens is 395 g/mol. The van der Waals surface area contributed by atoms with E-state index < -0.39 is 0 Å². The van der Waals surface area contributed by atoms with Gasteiger partial charge in [-0.25, -0.2) is 0 Å². The number of nitrogens with zero attached hydrogens (tertiary/aromatic N) is 2. The topological polar surface area (TPSA) is 42.4 Å². The average Bonchev–Trinajstić information content (AvgIpc) is 2.73. The summed E-state index contributed by atoms with van der Waals surface area (Å²) in [5, 5.41) is 0.922. The fraction of sp³-hybridized carbons (Fsp3) is 0.455. The molecule has 4 nitrogen and oxygen atoms in total. The SMILES string of the molecule is O=C(c1cncc(COc2c(Cl)cccc2Cl)c1)N1CC[C@@H]2CCCC[C@@H]2C1. The summed E-state index contributed by atoms with van der Waals surface area (Å²) in [7, 11) is 0. The number of fused-ring (bicyclic) bond motifs is 1. The van der Waals surface area contributed by atoms with E-state index in [9.17, 15) is 4.79 Å². The van der Waals surface area contributed by atoms with Crippen molar-refractivity contribution in [2.75, 3.05) is 13.1 Å². The highest BCUT2D eigenvalue weighted by atomic mass is 35.5. The van der Waals surface area contributed by atoms with E-state index in [0.717, 1.165) is 31.0 Å². The van der Waals surface area contributed by atoms with E-state index in [1.165, 1.54) is 25.7 Å². The number of piperidine rings is 1. The normalized spacial score (nSPS) is 21.9. The molecule has 2 atom stereocenters. The van der Waals surface area contributed by atoms with Crippen LogP contribution in [0.3, 0.4) is 0 Å². The number of amides is 1. The van der Waals surface area contributed by atoms with Crippen LogP contribution in [0.4, 0.5) is 0 Å². The first-order valence-corrected chi connectivity index (χ1v) is 10.7. The lowest BCUT2D eigenvalue weighted by molar-refractivity contribution is 0.0520. The third-order valence-electron chi connectivity index (χ3n) is 5.92. The number of rotatable bonds is 4. The number of pyridine rings is 1. The highest BCUT2D eigenvalue weighted by Crippen LogP contribution is 2.36. The van der Waals surface area contributed by atoms with Gasteiger partial charge in [0.15, 0.2) is 5.75 Å². The van der Waals surface area contributed by atoms with E-state index in [2.05, 4.69) is 4.98 Å². The highest BCUT2D eigenvalue weighted by molar-refractivity contribution is 6.37. The van der Waals surface area contributed by atoms with Crippen molar-refractivity contribution >= 4 is 29.1 Å². The van der Waals surface area contributed by atoms with Crippen LogP contribution in [0.2, 0.25) is 10.0 Å². The second-order valence-electron chi connectivity index (χ2n) is 7.77. The first-order chi connectivity index (χ1) is 13.6. The maximum Gasteiger partial charge on any atom is 0.255 e. The van der Waals surface area contributed by atoms with Crippen LogP contribution < -0.4 is 4.74 Å². The number of ether oxygens (including phenoxy) is 1. The van der Waals surface area contributed by atoms with Crippen LogP contribution in [0.1, 0.15) is 48.0 Å². The number of halogens is 2. The Morgan fingerprint density at radius 3 is 2.64 bits per heavy atom. The monoisotopic (exact) mass is 418 g/mol. The predicted octanol–water partition coefficient (Wildman–Crippen LogP) is 5.62. The molecule has 0 N–H and O–H groups in total. The molecule has 0 bridgehead atoms. The van der Waals surface area contributed by atoms with Crippen LogP contribution in [0.5, 0.6) is 5.75 Å². The first-order valence-electron chi connectivity index (χ1n) is 9.92. The molecule has 0 spiro atoms. The third-order valence-corrected chi connectivity index (χ3v) is 6.52. The van der Waals surface area contributed by atoms with Crippen molar-refractivity contribution in [2.24, 2.45) is 11.8 Å². The van der Waals surface area contributed by atoms with Gasteiger partial charge in [0.1, 0.15) is 6.61 Å². The van der Waals surface area contributed by atoms with Gasteiger partial charge in [0.2, 0.25) is 0 Å². The smallest absolute Gasteiger partial charge is 0.255 e. The molecule has 1 aromatic heterocycles. The predicted molar refractivity (Wildman–Crippen MR) is 111 cm³/mol. The van der Waals surface area contributed by atoms with E-state index >= 15 is 0 Å². The number of carbonyl (C=O) groups is 1. The van der Waals surface area contributed by atoms with Gasteiger partial charge >= 0.3 is 0 Å². The number of hydrogen-bond donors (Lipinski definition) is 0. The van der Waals surface area contributed by atoms with Crippen molar-refractivity contribution in [3.05, 3.63) is 57.8 Å². The summed E-state index contributed by atoms with van der Waals surface area (Å²) in [4.78, 5) is 19.3. The minimum atomic E-state index is 0.0640. The van der Waals surface area contributed by atoms with Crippen molar-refractivity contribution in [3.8, 4) is 5.75 Å². The van der Waals surface area contributed by atoms with Gasteiger partial charge in [-0.2, -0.15) is 0 Å². The van der Waals surface area contributed by atoms with Gasteiger partial charge in [-0.1, -0.05) is 48.5 Å². The molecule has 148 valence electrons. The van der Waals surface area contributed by atoms with Crippen LogP contribution in [-0.4, -0.2) is 28.9 Å². The second-order valence-corrected chi connectivity index (χ2v) is 8.58. The van der Waals surface area contributed by atoms with Crippen LogP contribution in [0.25, 0.3) is 0 Å². The number of likely N-dealkylation sites (tertiary alicyclic amines) is 1. The zero-order valence-electron chi connectivity index (χ0n) is 15.7. The Morgan fingerprint density at radius 1 is 1.11 bits per heavy atom. The van der Waals surface area contributed by atoms with Crippen molar-refractivity contribution in [1.82, 2.24) is 9.88 Å². The molecule has 2 aromatic rings. The Hall–Kier alpha value is -1.78. The number of para-hydroxylation sites is 1. The van der Waals surface area contributed by atoms with E-state index in [-0.39, 0.29) is 12.5 Å². The number of benzene rings is 1. The summed E-state index contributed by atoms with van der Waals surface area (Å²) in [6, 6.07) is 7.09. The van der Waals surface area contributed by atoms with Gasteiger partial charge in [0, 0.05) is 31.0 Å². The molecule has 2 aliphatic rings. The van der Waals surface area contributed by atoms with Gasteiger partial charge in [0.05, 0.1) is 15.6 Å². The zero-order valence-corrected chi connectivity index (χ0v) is 17.3. The maximum atomic E-state index is 13.0. The molecule has 1 aliphatic carbocycles. The average molecular weight is 419 g/mol. The minimum Gasteiger partial charge on any atom is -0.486 e. The molecule has 4 rings (SSSR count). The maximum absolute atomic E-state index is 13.0. The van der Waals surface area contributed by atoms with Crippen molar-refractivity contribution < 1.29 is 9.53 Å². The Morgan fingerprint density at radius 2 is 1.86 bits per heavy atom. The number of aromatic nitrogens is 1. The summed E-state index contributed by atoms with van der Waals surface area (Å²) >= 11 is 12.3. The Balaban J connectivity index is 1.42. The van der Waals surface area contributed by atoms with Gasteiger partial charge in [0.25, 0.3) is 5.91 Å². The lowest BCUT2D eigenvalue weighted by atomic mass is 9.75. The fourth-order valence-corrected chi connectivity index (χ4v) is 4.93. The zero-order chi connectivity index (χ0) is 19.5. The molecule has 1 aliphatic heterocycles. The molecule has 1 saturated carbocycles.